The van der Waals surface area contributed by atoms with Crippen LogP contribution in [-0.2, 0) is 9.84 Å². The van der Waals surface area contributed by atoms with E-state index < -0.39 is 27.3 Å². The molecule has 0 amide bonds. The minimum absolute atomic E-state index is 0.160. The molecule has 0 atom stereocenters. The summed E-state index contributed by atoms with van der Waals surface area (Å²) in [5.41, 5.74) is -0.636. The highest BCUT2D eigenvalue weighted by molar-refractivity contribution is 7.90. The number of sulfone groups is 1. The van der Waals surface area contributed by atoms with E-state index >= 15 is 0 Å². The van der Waals surface area contributed by atoms with Crippen molar-refractivity contribution in [2.24, 2.45) is 0 Å². The Bertz CT molecular complexity index is 929. The summed E-state index contributed by atoms with van der Waals surface area (Å²) in [6.45, 7) is 0. The molecule has 0 aliphatic carbocycles. The number of nitrogens with one attached hydrogen (secondary N) is 1. The number of carboxylic acids is 1. The van der Waals surface area contributed by atoms with Crippen molar-refractivity contribution >= 4 is 44.7 Å². The first kappa shape index (κ1) is 18.9. The van der Waals surface area contributed by atoms with Gasteiger partial charge >= 0.3 is 5.97 Å². The first-order valence-corrected chi connectivity index (χ1v) is 9.04. The number of nitrogens with zero attached hydrogens (tertiary/aromatic N) is 3. The van der Waals surface area contributed by atoms with Gasteiger partial charge in [0, 0.05) is 20.4 Å². The molecule has 11 heteroatoms. The second kappa shape index (κ2) is 6.81. The van der Waals surface area contributed by atoms with E-state index in [9.17, 15) is 22.7 Å². The molecule has 1 heterocycles. The smallest absolute Gasteiger partial charge is 0.358 e. The molecule has 134 valence electrons. The third-order valence-corrected chi connectivity index (χ3v) is 4.66. The number of anilines is 3. The van der Waals surface area contributed by atoms with E-state index in [4.69, 9.17) is 11.6 Å². The lowest BCUT2D eigenvalue weighted by molar-refractivity contribution is 0.0691. The predicted molar refractivity (Wildman–Crippen MR) is 91.1 cm³/mol. The van der Waals surface area contributed by atoms with Crippen LogP contribution in [0.3, 0.4) is 0 Å². The molecule has 0 spiro atoms. The van der Waals surface area contributed by atoms with Gasteiger partial charge < -0.3 is 15.3 Å². The molecule has 0 aliphatic heterocycles. The number of carboxylic acid groups (broad SMARTS) is 1. The summed E-state index contributed by atoms with van der Waals surface area (Å²) in [5, 5.41) is 11.7. The summed E-state index contributed by atoms with van der Waals surface area (Å²) in [7, 11) is -0.756. The highest BCUT2D eigenvalue weighted by atomic mass is 35.5. The third kappa shape index (κ3) is 3.80. The lowest BCUT2D eigenvalue weighted by Gasteiger charge is -2.22. The van der Waals surface area contributed by atoms with Crippen LogP contribution in [0.2, 0.25) is 5.02 Å². The predicted octanol–water partition coefficient (Wildman–Crippen LogP) is 2.18. The van der Waals surface area contributed by atoms with E-state index in [2.05, 4.69) is 15.3 Å². The van der Waals surface area contributed by atoms with Gasteiger partial charge in [-0.05, 0) is 12.1 Å². The highest BCUT2D eigenvalue weighted by Crippen LogP contribution is 2.35. The van der Waals surface area contributed by atoms with Gasteiger partial charge in [-0.15, -0.1) is 0 Å². The molecule has 8 nitrogen and oxygen atoms in total. The maximum atomic E-state index is 14.5. The van der Waals surface area contributed by atoms with Gasteiger partial charge in [0.05, 0.1) is 21.8 Å². The molecule has 1 aromatic heterocycles. The standard InChI is InChI=1S/C14H14ClFN4O4S/c1-17-10-6-18-11(14(21)22)13(19-10)20(2)12-8(15)4-7(5-9(12)16)25(3,23)24/h4-6H,1-3H3,(H,17,19)(H,21,22). The zero-order valence-electron chi connectivity index (χ0n) is 13.4. The number of hydrogen-bond acceptors (Lipinski definition) is 7. The molecule has 2 N–H and O–H groups in total. The minimum atomic E-state index is -3.66. The van der Waals surface area contributed by atoms with Crippen LogP contribution < -0.4 is 10.2 Å². The molecule has 1 aromatic carbocycles. The third-order valence-electron chi connectivity index (χ3n) is 3.28. The summed E-state index contributed by atoms with van der Waals surface area (Å²) < 4.78 is 37.6. The maximum absolute atomic E-state index is 14.5. The summed E-state index contributed by atoms with van der Waals surface area (Å²) >= 11 is 6.03. The van der Waals surface area contributed by atoms with Crippen LogP contribution >= 0.6 is 11.6 Å². The molecule has 0 unspecified atom stereocenters. The van der Waals surface area contributed by atoms with Gasteiger partial charge in [0.2, 0.25) is 0 Å². The average Bonchev–Trinajstić information content (AvgIpc) is 2.52. The Morgan fingerprint density at radius 3 is 2.52 bits per heavy atom. The first-order valence-electron chi connectivity index (χ1n) is 6.77. The molecule has 2 rings (SSSR count). The number of aromatic nitrogens is 2. The van der Waals surface area contributed by atoms with Crippen molar-refractivity contribution in [2.45, 2.75) is 4.90 Å². The van der Waals surface area contributed by atoms with Crippen LogP contribution in [0.1, 0.15) is 10.5 Å². The Morgan fingerprint density at radius 1 is 1.40 bits per heavy atom. The molecule has 0 saturated heterocycles. The first-order chi connectivity index (χ1) is 11.6. The van der Waals surface area contributed by atoms with Crippen LogP contribution in [-0.4, -0.2) is 49.8 Å². The molecule has 0 aliphatic rings. The highest BCUT2D eigenvalue weighted by Gasteiger charge is 2.24. The van der Waals surface area contributed by atoms with E-state index in [1.54, 1.807) is 7.05 Å². The molecule has 2 aromatic rings. The largest absolute Gasteiger partial charge is 0.476 e. The normalized spacial score (nSPS) is 11.2. The van der Waals surface area contributed by atoms with Gasteiger partial charge in [0.25, 0.3) is 0 Å². The van der Waals surface area contributed by atoms with Gasteiger partial charge in [0.1, 0.15) is 11.6 Å². The SMILES string of the molecule is CNc1cnc(C(=O)O)c(N(C)c2c(F)cc(S(C)(=O)=O)cc2Cl)n1. The zero-order valence-corrected chi connectivity index (χ0v) is 15.0. The van der Waals surface area contributed by atoms with Gasteiger partial charge in [-0.2, -0.15) is 0 Å². The number of aromatic carboxylic acids is 1. The Balaban J connectivity index is 2.66. The van der Waals surface area contributed by atoms with E-state index in [0.29, 0.717) is 0 Å². The van der Waals surface area contributed by atoms with Crippen molar-refractivity contribution < 1.29 is 22.7 Å². The fraction of sp³-hybridized carbons (Fsp3) is 0.214. The van der Waals surface area contributed by atoms with Crippen LogP contribution in [0, 0.1) is 5.82 Å². The van der Waals surface area contributed by atoms with Crippen molar-refractivity contribution in [3.8, 4) is 0 Å². The van der Waals surface area contributed by atoms with E-state index in [-0.39, 0.29) is 27.2 Å². The summed E-state index contributed by atoms with van der Waals surface area (Å²) in [4.78, 5) is 20.0. The number of carbonyl (C=O) groups is 1. The molecule has 0 radical (unpaired) electrons. The maximum Gasteiger partial charge on any atom is 0.358 e. The summed E-state index contributed by atoms with van der Waals surface area (Å²) in [6, 6.07) is 1.89. The number of rotatable bonds is 5. The minimum Gasteiger partial charge on any atom is -0.476 e. The molecule has 25 heavy (non-hydrogen) atoms. The molecule has 0 bridgehead atoms. The Labute approximate surface area is 148 Å². The van der Waals surface area contributed by atoms with Gasteiger partial charge in [0.15, 0.2) is 21.3 Å². The average molecular weight is 389 g/mol. The zero-order chi connectivity index (χ0) is 18.9. The molecule has 0 saturated carbocycles. The Morgan fingerprint density at radius 2 is 2.04 bits per heavy atom. The quantitative estimate of drug-likeness (QED) is 0.801. The summed E-state index contributed by atoms with van der Waals surface area (Å²) in [6.07, 6.45) is 2.14. The lowest BCUT2D eigenvalue weighted by atomic mass is 10.2. The topological polar surface area (TPSA) is 112 Å². The van der Waals surface area contributed by atoms with Crippen LogP contribution in [0.15, 0.2) is 23.2 Å². The van der Waals surface area contributed by atoms with Crippen molar-refractivity contribution in [1.82, 2.24) is 9.97 Å². The monoisotopic (exact) mass is 388 g/mol. The van der Waals surface area contributed by atoms with Crippen molar-refractivity contribution in [3.05, 3.63) is 34.9 Å². The molecule has 0 fully saturated rings. The second-order valence-electron chi connectivity index (χ2n) is 5.05. The van der Waals surface area contributed by atoms with E-state index in [0.717, 1.165) is 23.3 Å². The summed E-state index contributed by atoms with van der Waals surface area (Å²) in [5.74, 6) is -2.20. The number of hydrogen-bond donors (Lipinski definition) is 2. The van der Waals surface area contributed by atoms with Crippen LogP contribution in [0.4, 0.5) is 21.7 Å². The van der Waals surface area contributed by atoms with Crippen molar-refractivity contribution in [2.75, 3.05) is 30.6 Å². The lowest BCUT2D eigenvalue weighted by Crippen LogP contribution is -2.19. The van der Waals surface area contributed by atoms with Gasteiger partial charge in [-0.1, -0.05) is 11.6 Å². The number of halogens is 2. The van der Waals surface area contributed by atoms with E-state index in [1.165, 1.54) is 13.2 Å². The Kier molecular flexibility index (Phi) is 5.14. The van der Waals surface area contributed by atoms with Crippen molar-refractivity contribution in [1.29, 1.82) is 0 Å². The fourth-order valence-electron chi connectivity index (χ4n) is 2.07. The van der Waals surface area contributed by atoms with Gasteiger partial charge in [-0.3, -0.25) is 0 Å². The van der Waals surface area contributed by atoms with Gasteiger partial charge in [-0.25, -0.2) is 27.6 Å². The molecular formula is C14H14ClFN4O4S. The Hall–Kier alpha value is -2.46. The fourth-order valence-corrected chi connectivity index (χ4v) is 3.12. The van der Waals surface area contributed by atoms with Crippen LogP contribution in [0.5, 0.6) is 0 Å². The molecular weight excluding hydrogens is 375 g/mol. The second-order valence-corrected chi connectivity index (χ2v) is 7.47. The number of benzene rings is 1. The van der Waals surface area contributed by atoms with Crippen molar-refractivity contribution in [3.63, 3.8) is 0 Å². The van der Waals surface area contributed by atoms with Crippen LogP contribution in [0.25, 0.3) is 0 Å². The van der Waals surface area contributed by atoms with E-state index in [1.807, 2.05) is 0 Å².